The molecule has 0 fully saturated rings. The molecule has 1 aromatic rings. The van der Waals surface area contributed by atoms with Crippen molar-refractivity contribution in [1.29, 1.82) is 0 Å². The zero-order chi connectivity index (χ0) is 14.3. The molecular weight excluding hydrogens is 252 g/mol. The molecule has 0 amide bonds. The third-order valence-electron chi connectivity index (χ3n) is 3.00. The Morgan fingerprint density at radius 3 is 2.63 bits per heavy atom. The lowest BCUT2D eigenvalue weighted by atomic mass is 10.1. The highest BCUT2D eigenvalue weighted by atomic mass is 19.3. The molecule has 3 nitrogen and oxygen atoms in total. The fraction of sp³-hybridized carbons (Fsp3) is 0.571. The second kappa shape index (κ2) is 8.07. The summed E-state index contributed by atoms with van der Waals surface area (Å²) in [4.78, 5) is 0. The summed E-state index contributed by atoms with van der Waals surface area (Å²) in [7, 11) is 0. The van der Waals surface area contributed by atoms with E-state index in [4.69, 9.17) is 0 Å². The minimum absolute atomic E-state index is 0.112. The second-order valence-electron chi connectivity index (χ2n) is 4.44. The van der Waals surface area contributed by atoms with Gasteiger partial charge in [0.25, 0.3) is 0 Å². The van der Waals surface area contributed by atoms with Crippen molar-refractivity contribution in [3.8, 4) is 5.75 Å². The summed E-state index contributed by atoms with van der Waals surface area (Å²) in [5, 5.41) is 12.6. The SMILES string of the molecule is CCC(O)CCNC(C)c1ccccc1OC(F)F. The van der Waals surface area contributed by atoms with Gasteiger partial charge in [0.05, 0.1) is 6.10 Å². The molecule has 0 bridgehead atoms. The first-order valence-corrected chi connectivity index (χ1v) is 6.49. The predicted molar refractivity (Wildman–Crippen MR) is 70.4 cm³/mol. The maximum atomic E-state index is 12.3. The summed E-state index contributed by atoms with van der Waals surface area (Å²) in [5.74, 6) is 0.188. The summed E-state index contributed by atoms with van der Waals surface area (Å²) in [6.07, 6.45) is 1.02. The van der Waals surface area contributed by atoms with Crippen molar-refractivity contribution in [3.63, 3.8) is 0 Å². The third kappa shape index (κ3) is 5.53. The molecule has 0 saturated carbocycles. The van der Waals surface area contributed by atoms with Crippen LogP contribution >= 0.6 is 0 Å². The monoisotopic (exact) mass is 273 g/mol. The fourth-order valence-corrected chi connectivity index (χ4v) is 1.82. The van der Waals surface area contributed by atoms with Crippen LogP contribution in [0.3, 0.4) is 0 Å². The van der Waals surface area contributed by atoms with Gasteiger partial charge in [0, 0.05) is 11.6 Å². The number of aliphatic hydroxyl groups excluding tert-OH is 1. The van der Waals surface area contributed by atoms with Crippen LogP contribution < -0.4 is 10.1 Å². The quantitative estimate of drug-likeness (QED) is 0.764. The van der Waals surface area contributed by atoms with Gasteiger partial charge in [-0.3, -0.25) is 0 Å². The molecule has 5 heteroatoms. The van der Waals surface area contributed by atoms with E-state index in [0.29, 0.717) is 24.9 Å². The van der Waals surface area contributed by atoms with Crippen LogP contribution in [-0.4, -0.2) is 24.4 Å². The van der Waals surface area contributed by atoms with Gasteiger partial charge in [0.1, 0.15) is 5.75 Å². The van der Waals surface area contributed by atoms with Crippen molar-refractivity contribution in [2.45, 2.75) is 45.4 Å². The Balaban J connectivity index is 2.58. The smallest absolute Gasteiger partial charge is 0.387 e. The molecule has 0 aliphatic rings. The average Bonchev–Trinajstić information content (AvgIpc) is 2.38. The number of aliphatic hydroxyl groups is 1. The van der Waals surface area contributed by atoms with Crippen LogP contribution in [0.15, 0.2) is 24.3 Å². The van der Waals surface area contributed by atoms with Crippen LogP contribution in [-0.2, 0) is 0 Å². The lowest BCUT2D eigenvalue weighted by Crippen LogP contribution is -2.24. The van der Waals surface area contributed by atoms with E-state index in [2.05, 4.69) is 10.1 Å². The fourth-order valence-electron chi connectivity index (χ4n) is 1.82. The first-order valence-electron chi connectivity index (χ1n) is 6.49. The number of benzene rings is 1. The Bertz CT molecular complexity index is 374. The maximum absolute atomic E-state index is 12.3. The molecule has 108 valence electrons. The van der Waals surface area contributed by atoms with Crippen LogP contribution in [0.2, 0.25) is 0 Å². The second-order valence-corrected chi connectivity index (χ2v) is 4.44. The molecule has 0 aromatic heterocycles. The Labute approximate surface area is 112 Å². The molecule has 0 saturated heterocycles. The van der Waals surface area contributed by atoms with Crippen LogP contribution in [0.1, 0.15) is 38.3 Å². The third-order valence-corrected chi connectivity index (χ3v) is 3.00. The van der Waals surface area contributed by atoms with E-state index < -0.39 is 6.61 Å². The van der Waals surface area contributed by atoms with Crippen molar-refractivity contribution in [2.75, 3.05) is 6.54 Å². The minimum Gasteiger partial charge on any atom is -0.434 e. The number of nitrogens with one attached hydrogen (secondary N) is 1. The lowest BCUT2D eigenvalue weighted by molar-refractivity contribution is -0.0506. The molecule has 1 aromatic carbocycles. The Morgan fingerprint density at radius 1 is 1.32 bits per heavy atom. The Kier molecular flexibility index (Phi) is 6.73. The molecule has 0 heterocycles. The van der Waals surface area contributed by atoms with Crippen molar-refractivity contribution >= 4 is 0 Å². The van der Waals surface area contributed by atoms with E-state index in [1.807, 2.05) is 13.8 Å². The first-order chi connectivity index (χ1) is 9.04. The van der Waals surface area contributed by atoms with Gasteiger partial charge in [0.2, 0.25) is 0 Å². The van der Waals surface area contributed by atoms with Gasteiger partial charge in [-0.05, 0) is 32.4 Å². The number of ether oxygens (including phenoxy) is 1. The van der Waals surface area contributed by atoms with E-state index in [9.17, 15) is 13.9 Å². The molecule has 19 heavy (non-hydrogen) atoms. The van der Waals surface area contributed by atoms with Crippen LogP contribution in [0, 0.1) is 0 Å². The van der Waals surface area contributed by atoms with Crippen molar-refractivity contribution < 1.29 is 18.6 Å². The van der Waals surface area contributed by atoms with Crippen LogP contribution in [0.5, 0.6) is 5.75 Å². The maximum Gasteiger partial charge on any atom is 0.387 e. The van der Waals surface area contributed by atoms with Gasteiger partial charge in [-0.25, -0.2) is 0 Å². The highest BCUT2D eigenvalue weighted by Gasteiger charge is 2.14. The van der Waals surface area contributed by atoms with Crippen molar-refractivity contribution in [1.82, 2.24) is 5.32 Å². The van der Waals surface area contributed by atoms with Gasteiger partial charge in [-0.15, -0.1) is 0 Å². The molecule has 1 rings (SSSR count). The predicted octanol–water partition coefficient (Wildman–Crippen LogP) is 3.10. The lowest BCUT2D eigenvalue weighted by Gasteiger charge is -2.18. The van der Waals surface area contributed by atoms with Crippen LogP contribution in [0.4, 0.5) is 8.78 Å². The first kappa shape index (κ1) is 15.9. The molecule has 0 spiro atoms. The van der Waals surface area contributed by atoms with E-state index in [1.165, 1.54) is 6.07 Å². The summed E-state index contributed by atoms with van der Waals surface area (Å²) in [6, 6.07) is 6.62. The Morgan fingerprint density at radius 2 is 2.00 bits per heavy atom. The van der Waals surface area contributed by atoms with Crippen LogP contribution in [0.25, 0.3) is 0 Å². The van der Waals surface area contributed by atoms with E-state index >= 15 is 0 Å². The summed E-state index contributed by atoms with van der Waals surface area (Å²) >= 11 is 0. The number of para-hydroxylation sites is 1. The van der Waals surface area contributed by atoms with Gasteiger partial charge in [-0.1, -0.05) is 25.1 Å². The van der Waals surface area contributed by atoms with Crippen molar-refractivity contribution in [2.24, 2.45) is 0 Å². The van der Waals surface area contributed by atoms with E-state index in [0.717, 1.165) is 0 Å². The summed E-state index contributed by atoms with van der Waals surface area (Å²) in [5.41, 5.74) is 0.689. The van der Waals surface area contributed by atoms with Gasteiger partial charge in [0.15, 0.2) is 0 Å². The van der Waals surface area contributed by atoms with Crippen molar-refractivity contribution in [3.05, 3.63) is 29.8 Å². The molecule has 0 aliphatic heterocycles. The summed E-state index contributed by atoms with van der Waals surface area (Å²) < 4.78 is 29.1. The standard InChI is InChI=1S/C14H21F2NO2/c1-3-11(18)8-9-17-10(2)12-6-4-5-7-13(12)19-14(15)16/h4-7,10-11,14,17-18H,3,8-9H2,1-2H3. The molecule has 0 radical (unpaired) electrons. The Hall–Kier alpha value is -1.20. The number of halogens is 2. The molecule has 2 unspecified atom stereocenters. The largest absolute Gasteiger partial charge is 0.434 e. The number of alkyl halides is 2. The van der Waals surface area contributed by atoms with Gasteiger partial charge < -0.3 is 15.2 Å². The van der Waals surface area contributed by atoms with Gasteiger partial charge >= 0.3 is 6.61 Å². The number of rotatable bonds is 8. The number of hydrogen-bond donors (Lipinski definition) is 2. The highest BCUT2D eigenvalue weighted by Crippen LogP contribution is 2.26. The minimum atomic E-state index is -2.82. The zero-order valence-corrected chi connectivity index (χ0v) is 11.3. The molecule has 2 atom stereocenters. The topological polar surface area (TPSA) is 41.5 Å². The molecular formula is C14H21F2NO2. The molecule has 0 aliphatic carbocycles. The summed E-state index contributed by atoms with van der Waals surface area (Å²) in [6.45, 7) is 1.60. The average molecular weight is 273 g/mol. The van der Waals surface area contributed by atoms with Gasteiger partial charge in [-0.2, -0.15) is 8.78 Å². The number of hydrogen-bond acceptors (Lipinski definition) is 3. The highest BCUT2D eigenvalue weighted by molar-refractivity contribution is 5.35. The van der Waals surface area contributed by atoms with E-state index in [1.54, 1.807) is 18.2 Å². The molecule has 2 N–H and O–H groups in total. The van der Waals surface area contributed by atoms with E-state index in [-0.39, 0.29) is 17.9 Å². The normalized spacial score (nSPS) is 14.4. The zero-order valence-electron chi connectivity index (χ0n) is 11.3.